The molecule has 0 unspecified atom stereocenters. The number of amides is 2. The average molecular weight is 511 g/mol. The normalized spacial score (nSPS) is 13.7. The van der Waals surface area contributed by atoms with E-state index in [0.29, 0.717) is 55.5 Å². The maximum atomic E-state index is 12.7. The van der Waals surface area contributed by atoms with E-state index in [-0.39, 0.29) is 11.9 Å². The molecule has 0 bridgehead atoms. The molecule has 0 atom stereocenters. The molecule has 192 valence electrons. The number of nitrogens with zero attached hydrogens (tertiary/aromatic N) is 7. The molecule has 12 nitrogen and oxygen atoms in total. The molecule has 14 heteroatoms. The molecule has 3 heterocycles. The molecule has 0 radical (unpaired) electrons. The van der Waals surface area contributed by atoms with Crippen molar-refractivity contribution in [1.29, 1.82) is 0 Å². The Kier molecular flexibility index (Phi) is 6.98. The van der Waals surface area contributed by atoms with Gasteiger partial charge in [-0.3, -0.25) is 0 Å². The summed E-state index contributed by atoms with van der Waals surface area (Å²) in [4.78, 5) is 15.8. The van der Waals surface area contributed by atoms with Crippen molar-refractivity contribution in [1.82, 2.24) is 35.3 Å². The average Bonchev–Trinajstić information content (AvgIpc) is 3.60. The second-order valence-electron chi connectivity index (χ2n) is 8.13. The van der Waals surface area contributed by atoms with E-state index in [4.69, 9.17) is 9.15 Å². The molecule has 0 saturated carbocycles. The molecule has 2 amide bonds. The summed E-state index contributed by atoms with van der Waals surface area (Å²) in [5.74, 6) is -0.305. The Balaban J connectivity index is 1.28. The van der Waals surface area contributed by atoms with E-state index in [0.717, 1.165) is 11.3 Å². The van der Waals surface area contributed by atoms with Crippen LogP contribution in [0.5, 0.6) is 0 Å². The van der Waals surface area contributed by atoms with E-state index in [1.807, 2.05) is 12.1 Å². The topological polar surface area (TPSA) is 136 Å². The van der Waals surface area contributed by atoms with Crippen LogP contribution in [-0.4, -0.2) is 74.7 Å². The van der Waals surface area contributed by atoms with E-state index >= 15 is 0 Å². The highest BCUT2D eigenvalue weighted by Gasteiger charge is 2.19. The van der Waals surface area contributed by atoms with Crippen LogP contribution in [0.25, 0.3) is 22.8 Å². The summed E-state index contributed by atoms with van der Waals surface area (Å²) in [6.45, 7) is 2.41. The quantitative estimate of drug-likeness (QED) is 0.383. The molecule has 0 spiro atoms. The lowest BCUT2D eigenvalue weighted by Crippen LogP contribution is -2.43. The summed E-state index contributed by atoms with van der Waals surface area (Å²) in [5, 5.41) is 25.7. The van der Waals surface area contributed by atoms with Crippen molar-refractivity contribution in [3.63, 3.8) is 0 Å². The molecule has 2 N–H and O–H groups in total. The number of benzene rings is 2. The van der Waals surface area contributed by atoms with Crippen LogP contribution in [0, 0.1) is 0 Å². The predicted octanol–water partition coefficient (Wildman–Crippen LogP) is 3.28. The number of halogens is 2. The lowest BCUT2D eigenvalue weighted by Gasteiger charge is -2.27. The van der Waals surface area contributed by atoms with E-state index in [2.05, 4.69) is 36.2 Å². The number of carbonyl (C=O) groups is 1. The van der Waals surface area contributed by atoms with Crippen LogP contribution >= 0.6 is 0 Å². The van der Waals surface area contributed by atoms with Gasteiger partial charge in [-0.25, -0.2) is 4.79 Å². The minimum Gasteiger partial charge on any atom is -0.415 e. The monoisotopic (exact) mass is 511 g/mol. The minimum absolute atomic E-state index is 0.0181. The first-order valence-electron chi connectivity index (χ1n) is 11.4. The van der Waals surface area contributed by atoms with Crippen molar-refractivity contribution in [2.45, 2.75) is 13.0 Å². The van der Waals surface area contributed by atoms with Gasteiger partial charge in [0.2, 0.25) is 11.7 Å². The predicted molar refractivity (Wildman–Crippen MR) is 128 cm³/mol. The van der Waals surface area contributed by atoms with Crippen molar-refractivity contribution in [2.75, 3.05) is 44.0 Å². The van der Waals surface area contributed by atoms with Crippen molar-refractivity contribution in [3.8, 4) is 22.8 Å². The fourth-order valence-electron chi connectivity index (χ4n) is 3.75. The Bertz CT molecular complexity index is 1370. The van der Waals surface area contributed by atoms with E-state index in [9.17, 15) is 13.6 Å². The van der Waals surface area contributed by atoms with Gasteiger partial charge in [0.1, 0.15) is 0 Å². The van der Waals surface area contributed by atoms with E-state index in [1.165, 1.54) is 4.80 Å². The Labute approximate surface area is 209 Å². The van der Waals surface area contributed by atoms with Gasteiger partial charge < -0.3 is 24.7 Å². The first kappa shape index (κ1) is 24.2. The van der Waals surface area contributed by atoms with Gasteiger partial charge in [-0.2, -0.15) is 13.6 Å². The second-order valence-corrected chi connectivity index (χ2v) is 8.13. The first-order valence-corrected chi connectivity index (χ1v) is 11.4. The van der Waals surface area contributed by atoms with Gasteiger partial charge in [-0.1, -0.05) is 12.1 Å². The fraction of sp³-hybridized carbons (Fsp3) is 0.304. The standard InChI is InChI=1S/C23H23F2N9O3/c1-26-17-7-6-16(12-18(17)27-23(35)33-8-10-36-11-9-33)20-28-32-34(31-20)13-14-2-4-15(5-3-14)21-29-30-22(37-21)19(24)25/h2-7,12,19,26H,8-11,13H2,1H3,(H,27,35). The number of hydrogen-bond acceptors (Lipinski definition) is 9. The van der Waals surface area contributed by atoms with Crippen molar-refractivity contribution < 1.29 is 22.7 Å². The van der Waals surface area contributed by atoms with Crippen LogP contribution in [0.15, 0.2) is 46.9 Å². The molecule has 1 fully saturated rings. The summed E-state index contributed by atoms with van der Waals surface area (Å²) in [6.07, 6.45) is -2.82. The van der Waals surface area contributed by atoms with Gasteiger partial charge in [0.25, 0.3) is 5.89 Å². The number of tetrazole rings is 1. The summed E-state index contributed by atoms with van der Waals surface area (Å²) in [7, 11) is 1.77. The Morgan fingerprint density at radius 2 is 1.78 bits per heavy atom. The Morgan fingerprint density at radius 1 is 1.03 bits per heavy atom. The highest BCUT2D eigenvalue weighted by molar-refractivity contribution is 5.94. The van der Waals surface area contributed by atoms with Gasteiger partial charge in [0, 0.05) is 31.3 Å². The van der Waals surface area contributed by atoms with Crippen LogP contribution in [0.3, 0.4) is 0 Å². The maximum absolute atomic E-state index is 12.7. The van der Waals surface area contributed by atoms with Crippen molar-refractivity contribution in [3.05, 3.63) is 53.9 Å². The number of hydrogen-bond donors (Lipinski definition) is 2. The van der Waals surface area contributed by atoms with Crippen LogP contribution in [0.4, 0.5) is 25.0 Å². The van der Waals surface area contributed by atoms with Crippen LogP contribution in [-0.2, 0) is 11.3 Å². The fourth-order valence-corrected chi connectivity index (χ4v) is 3.75. The lowest BCUT2D eigenvalue weighted by molar-refractivity contribution is 0.0564. The summed E-state index contributed by atoms with van der Waals surface area (Å²) < 4.78 is 35.6. The van der Waals surface area contributed by atoms with Gasteiger partial charge in [0.05, 0.1) is 31.1 Å². The molecular weight excluding hydrogens is 488 g/mol. The highest BCUT2D eigenvalue weighted by atomic mass is 19.3. The van der Waals surface area contributed by atoms with Crippen molar-refractivity contribution >= 4 is 17.4 Å². The highest BCUT2D eigenvalue weighted by Crippen LogP contribution is 2.28. The third kappa shape index (κ3) is 5.53. The smallest absolute Gasteiger partial charge is 0.322 e. The zero-order valence-corrected chi connectivity index (χ0v) is 19.8. The third-order valence-electron chi connectivity index (χ3n) is 5.69. The molecule has 1 saturated heterocycles. The molecule has 1 aliphatic heterocycles. The third-order valence-corrected chi connectivity index (χ3v) is 5.69. The molecule has 4 aromatic rings. The lowest BCUT2D eigenvalue weighted by atomic mass is 10.1. The van der Waals surface area contributed by atoms with Gasteiger partial charge in [-0.15, -0.1) is 20.4 Å². The molecule has 0 aliphatic carbocycles. The summed E-state index contributed by atoms with van der Waals surface area (Å²) in [5.41, 5.74) is 3.40. The number of carbonyl (C=O) groups excluding carboxylic acids is 1. The number of urea groups is 1. The molecule has 37 heavy (non-hydrogen) atoms. The SMILES string of the molecule is CNc1ccc(-c2nnn(Cc3ccc(-c4nnc(C(F)F)o4)cc3)n2)cc1NC(=O)N1CCOCC1. The zero-order valence-electron chi connectivity index (χ0n) is 19.8. The first-order chi connectivity index (χ1) is 18.0. The largest absolute Gasteiger partial charge is 0.415 e. The number of alkyl halides is 2. The van der Waals surface area contributed by atoms with E-state index in [1.54, 1.807) is 42.3 Å². The number of anilines is 2. The zero-order chi connectivity index (χ0) is 25.8. The number of rotatable bonds is 7. The van der Waals surface area contributed by atoms with Crippen molar-refractivity contribution in [2.24, 2.45) is 0 Å². The molecule has 2 aromatic heterocycles. The Hall–Kier alpha value is -4.46. The molecule has 2 aromatic carbocycles. The summed E-state index contributed by atoms with van der Waals surface area (Å²) in [6, 6.07) is 12.2. The number of morpholine rings is 1. The van der Waals surface area contributed by atoms with Crippen LogP contribution in [0.2, 0.25) is 0 Å². The van der Waals surface area contributed by atoms with Crippen LogP contribution in [0.1, 0.15) is 17.9 Å². The van der Waals surface area contributed by atoms with E-state index < -0.39 is 12.3 Å². The Morgan fingerprint density at radius 3 is 2.49 bits per heavy atom. The molecule has 1 aliphatic rings. The van der Waals surface area contributed by atoms with Gasteiger partial charge in [0.15, 0.2) is 0 Å². The van der Waals surface area contributed by atoms with Gasteiger partial charge >= 0.3 is 12.5 Å². The molecular formula is C23H23F2N9O3. The minimum atomic E-state index is -2.82. The summed E-state index contributed by atoms with van der Waals surface area (Å²) >= 11 is 0. The number of nitrogens with one attached hydrogen (secondary N) is 2. The number of ether oxygens (including phenoxy) is 1. The number of aromatic nitrogens is 6. The second kappa shape index (κ2) is 10.7. The molecule has 5 rings (SSSR count). The maximum Gasteiger partial charge on any atom is 0.322 e. The van der Waals surface area contributed by atoms with Gasteiger partial charge in [-0.05, 0) is 41.1 Å². The van der Waals surface area contributed by atoms with Crippen LogP contribution < -0.4 is 10.6 Å².